The van der Waals surface area contributed by atoms with E-state index in [2.05, 4.69) is 16.8 Å². The first-order valence-electron chi connectivity index (χ1n) is 10.9. The van der Waals surface area contributed by atoms with Crippen molar-refractivity contribution in [2.24, 2.45) is 0 Å². The first-order chi connectivity index (χ1) is 15.4. The number of aromatic nitrogens is 2. The Morgan fingerprint density at radius 2 is 1.91 bits per heavy atom. The third-order valence-electron chi connectivity index (χ3n) is 5.75. The van der Waals surface area contributed by atoms with Crippen molar-refractivity contribution >= 4 is 35.0 Å². The Hall–Kier alpha value is -2.09. The topological polar surface area (TPSA) is 73.8 Å². The van der Waals surface area contributed by atoms with Gasteiger partial charge in [-0.3, -0.25) is 0 Å². The molecule has 1 aromatic carbocycles. The summed E-state index contributed by atoms with van der Waals surface area (Å²) in [5.74, 6) is 1.15. The predicted octanol–water partition coefficient (Wildman–Crippen LogP) is 4.93. The van der Waals surface area contributed by atoms with Crippen LogP contribution in [-0.4, -0.2) is 54.4 Å². The van der Waals surface area contributed by atoms with Gasteiger partial charge < -0.3 is 19.1 Å². The number of halogens is 2. The summed E-state index contributed by atoms with van der Waals surface area (Å²) in [5, 5.41) is 0.877. The van der Waals surface area contributed by atoms with Crippen molar-refractivity contribution in [3.8, 4) is 17.3 Å². The van der Waals surface area contributed by atoms with Gasteiger partial charge in [0.2, 0.25) is 11.5 Å². The van der Waals surface area contributed by atoms with Crippen LogP contribution in [0.5, 0.6) is 5.88 Å². The number of hydrogen-bond acceptors (Lipinski definition) is 7. The Labute approximate surface area is 198 Å². The highest BCUT2D eigenvalue weighted by Crippen LogP contribution is 2.42. The summed E-state index contributed by atoms with van der Waals surface area (Å²) >= 11 is 12.3. The number of nitrogens with zero attached hydrogens (tertiary/aromatic N) is 3. The summed E-state index contributed by atoms with van der Waals surface area (Å²) in [7, 11) is 1.36. The van der Waals surface area contributed by atoms with Crippen LogP contribution in [0.3, 0.4) is 0 Å². The van der Waals surface area contributed by atoms with E-state index in [4.69, 9.17) is 42.4 Å². The molecule has 9 heteroatoms. The zero-order valence-corrected chi connectivity index (χ0v) is 19.8. The minimum atomic E-state index is -0.962. The van der Waals surface area contributed by atoms with Gasteiger partial charge in [-0.25, -0.2) is 9.78 Å². The molecular formula is C23H27Cl2N3O4. The fourth-order valence-electron chi connectivity index (χ4n) is 3.78. The lowest BCUT2D eigenvalue weighted by Gasteiger charge is -2.33. The highest BCUT2D eigenvalue weighted by molar-refractivity contribution is 6.42. The van der Waals surface area contributed by atoms with Crippen LogP contribution in [-0.2, 0) is 14.3 Å². The monoisotopic (exact) mass is 479 g/mol. The fraction of sp³-hybridized carbons (Fsp3) is 0.522. The van der Waals surface area contributed by atoms with E-state index in [9.17, 15) is 4.79 Å². The number of benzene rings is 1. The van der Waals surface area contributed by atoms with Crippen LogP contribution in [0.15, 0.2) is 24.3 Å². The Bertz CT molecular complexity index is 976. The summed E-state index contributed by atoms with van der Waals surface area (Å²) in [6.45, 7) is 4.53. The highest BCUT2D eigenvalue weighted by Gasteiger charge is 2.54. The van der Waals surface area contributed by atoms with E-state index in [1.54, 1.807) is 18.2 Å². The molecule has 1 saturated heterocycles. The molecular weight excluding hydrogens is 453 g/mol. The van der Waals surface area contributed by atoms with E-state index in [1.807, 2.05) is 6.07 Å². The summed E-state index contributed by atoms with van der Waals surface area (Å²) in [6, 6.07) is 7.04. The third kappa shape index (κ3) is 5.11. The van der Waals surface area contributed by atoms with E-state index in [0.29, 0.717) is 34.6 Å². The average Bonchev–Trinajstić information content (AvgIpc) is 3.59. The van der Waals surface area contributed by atoms with Crippen LogP contribution in [0.1, 0.15) is 39.0 Å². The molecule has 2 fully saturated rings. The van der Waals surface area contributed by atoms with Crippen molar-refractivity contribution < 1.29 is 19.0 Å². The van der Waals surface area contributed by atoms with Crippen LogP contribution in [0, 0.1) is 0 Å². The molecule has 4 rings (SSSR count). The summed E-state index contributed by atoms with van der Waals surface area (Å²) < 4.78 is 16.9. The lowest BCUT2D eigenvalue weighted by Crippen LogP contribution is -2.38. The molecule has 0 N–H and O–H groups in total. The average molecular weight is 480 g/mol. The van der Waals surface area contributed by atoms with Crippen LogP contribution >= 0.6 is 23.2 Å². The quantitative estimate of drug-likeness (QED) is 0.496. The first-order valence-corrected chi connectivity index (χ1v) is 11.7. The molecule has 32 heavy (non-hydrogen) atoms. The molecule has 0 bridgehead atoms. The number of piperidine rings is 1. The second kappa shape index (κ2) is 9.81. The Balaban J connectivity index is 1.62. The molecule has 0 atom stereocenters. The predicted molar refractivity (Wildman–Crippen MR) is 124 cm³/mol. The third-order valence-corrected chi connectivity index (χ3v) is 6.49. The summed E-state index contributed by atoms with van der Waals surface area (Å²) in [4.78, 5) is 23.7. The lowest BCUT2D eigenvalue weighted by molar-refractivity contribution is -0.151. The molecule has 1 aliphatic heterocycles. The van der Waals surface area contributed by atoms with Gasteiger partial charge in [0.15, 0.2) is 5.82 Å². The first kappa shape index (κ1) is 23.1. The maximum atomic E-state index is 12.2. The molecule has 2 aliphatic rings. The van der Waals surface area contributed by atoms with Gasteiger partial charge in [0.25, 0.3) is 0 Å². The second-order valence-electron chi connectivity index (χ2n) is 8.16. The number of methoxy groups -OCH3 is 1. The number of esters is 1. The van der Waals surface area contributed by atoms with Crippen molar-refractivity contribution in [3.05, 3.63) is 34.3 Å². The zero-order valence-electron chi connectivity index (χ0n) is 18.3. The van der Waals surface area contributed by atoms with Crippen molar-refractivity contribution in [3.63, 3.8) is 0 Å². The molecule has 7 nitrogen and oxygen atoms in total. The highest BCUT2D eigenvalue weighted by atomic mass is 35.5. The normalized spacial score (nSPS) is 17.8. The van der Waals surface area contributed by atoms with E-state index in [0.717, 1.165) is 50.3 Å². The van der Waals surface area contributed by atoms with Crippen LogP contribution in [0.4, 0.5) is 5.82 Å². The van der Waals surface area contributed by atoms with Crippen molar-refractivity contribution in [1.29, 1.82) is 0 Å². The molecule has 172 valence electrons. The van der Waals surface area contributed by atoms with Crippen molar-refractivity contribution in [1.82, 2.24) is 9.97 Å². The molecule has 0 spiro atoms. The Morgan fingerprint density at radius 1 is 1.16 bits per heavy atom. The minimum absolute atomic E-state index is 0.271. The standard InChI is InChI=1S/C23H27Cl2N3O4/c1-3-12-31-16-6-10-28(11-7-16)19-14-20(32-23(8-9-23)22(29)30-2)27-21(26-19)15-4-5-17(24)18(25)13-15/h4-5,13-14,16H,3,6-12H2,1-2H3. The van der Waals surface area contributed by atoms with Gasteiger partial charge in [0.05, 0.1) is 23.3 Å². The van der Waals surface area contributed by atoms with Crippen LogP contribution < -0.4 is 9.64 Å². The fourth-order valence-corrected chi connectivity index (χ4v) is 4.07. The van der Waals surface area contributed by atoms with Gasteiger partial charge in [-0.15, -0.1) is 0 Å². The molecule has 0 amide bonds. The van der Waals surface area contributed by atoms with Gasteiger partial charge in [-0.05, 0) is 37.5 Å². The lowest BCUT2D eigenvalue weighted by atomic mass is 10.1. The number of anilines is 1. The zero-order chi connectivity index (χ0) is 22.7. The van der Waals surface area contributed by atoms with Crippen molar-refractivity contribution in [2.45, 2.75) is 50.7 Å². The molecule has 1 aromatic heterocycles. The van der Waals surface area contributed by atoms with Gasteiger partial charge in [-0.1, -0.05) is 30.1 Å². The van der Waals surface area contributed by atoms with Gasteiger partial charge in [-0.2, -0.15) is 4.98 Å². The Kier molecular flexibility index (Phi) is 7.08. The smallest absolute Gasteiger partial charge is 0.350 e. The molecule has 1 aliphatic carbocycles. The number of carbonyl (C=O) groups is 1. The van der Waals surface area contributed by atoms with E-state index in [1.165, 1.54) is 7.11 Å². The Morgan fingerprint density at radius 3 is 2.53 bits per heavy atom. The van der Waals surface area contributed by atoms with Gasteiger partial charge in [0, 0.05) is 44.2 Å². The molecule has 0 radical (unpaired) electrons. The molecule has 2 aromatic rings. The van der Waals surface area contributed by atoms with E-state index in [-0.39, 0.29) is 12.1 Å². The van der Waals surface area contributed by atoms with E-state index < -0.39 is 5.60 Å². The molecule has 0 unspecified atom stereocenters. The summed E-state index contributed by atoms with van der Waals surface area (Å²) in [6.07, 6.45) is 4.33. The minimum Gasteiger partial charge on any atom is -0.466 e. The SMILES string of the molecule is CCCOC1CCN(c2cc(OC3(C(=O)OC)CC3)nc(-c3ccc(Cl)c(Cl)c3)n2)CC1. The number of rotatable bonds is 8. The molecule has 2 heterocycles. The van der Waals surface area contributed by atoms with Gasteiger partial charge >= 0.3 is 5.97 Å². The number of carbonyl (C=O) groups excluding carboxylic acids is 1. The van der Waals surface area contributed by atoms with E-state index >= 15 is 0 Å². The number of ether oxygens (including phenoxy) is 3. The van der Waals surface area contributed by atoms with Gasteiger partial charge in [0.1, 0.15) is 5.82 Å². The van der Waals surface area contributed by atoms with Crippen LogP contribution in [0.25, 0.3) is 11.4 Å². The number of hydrogen-bond donors (Lipinski definition) is 0. The van der Waals surface area contributed by atoms with Crippen molar-refractivity contribution in [2.75, 3.05) is 31.7 Å². The second-order valence-corrected chi connectivity index (χ2v) is 8.98. The maximum Gasteiger partial charge on any atom is 0.350 e. The largest absolute Gasteiger partial charge is 0.466 e. The van der Waals surface area contributed by atoms with Crippen LogP contribution in [0.2, 0.25) is 10.0 Å². The summed E-state index contributed by atoms with van der Waals surface area (Å²) in [5.41, 5.74) is -0.244. The molecule has 1 saturated carbocycles. The maximum absolute atomic E-state index is 12.2.